The molecule has 0 nitrogen and oxygen atoms in total. The van der Waals surface area contributed by atoms with Crippen LogP contribution in [0.3, 0.4) is 0 Å². The summed E-state index contributed by atoms with van der Waals surface area (Å²) in [5.74, 6) is 3.92. The van der Waals surface area contributed by atoms with Crippen molar-refractivity contribution in [2.45, 2.75) is 50.3 Å². The van der Waals surface area contributed by atoms with Crippen LogP contribution in [0, 0.1) is 11.8 Å². The van der Waals surface area contributed by atoms with E-state index in [0.29, 0.717) is 0 Å². The number of thiophene rings is 3. The van der Waals surface area contributed by atoms with Gasteiger partial charge in [0.15, 0.2) is 0 Å². The van der Waals surface area contributed by atoms with Crippen LogP contribution < -0.4 is 0 Å². The molecule has 0 radical (unpaired) electrons. The Labute approximate surface area is 184 Å². The predicted octanol–water partition coefficient (Wildman–Crippen LogP) is 9.48. The van der Waals surface area contributed by atoms with Gasteiger partial charge >= 0.3 is 0 Å². The molecule has 0 N–H and O–H groups in total. The van der Waals surface area contributed by atoms with Gasteiger partial charge in [0, 0.05) is 19.5 Å². The zero-order valence-electron chi connectivity index (χ0n) is 16.5. The molecule has 146 valence electrons. The minimum atomic E-state index is 0.759. The van der Waals surface area contributed by atoms with Crippen LogP contribution in [0.15, 0.2) is 44.8 Å². The first kappa shape index (κ1) is 21.5. The van der Waals surface area contributed by atoms with Crippen molar-refractivity contribution >= 4 is 57.5 Å². The molecular formula is C22H28S5. The van der Waals surface area contributed by atoms with Crippen molar-refractivity contribution in [3.63, 3.8) is 0 Å². The zero-order chi connectivity index (χ0) is 19.2. The first-order chi connectivity index (χ1) is 13.1. The van der Waals surface area contributed by atoms with E-state index < -0.39 is 0 Å². The second-order valence-electron chi connectivity index (χ2n) is 7.44. The molecule has 0 amide bonds. The Kier molecular flexibility index (Phi) is 8.40. The van der Waals surface area contributed by atoms with Gasteiger partial charge in [-0.05, 0) is 59.1 Å². The Morgan fingerprint density at radius 2 is 1.19 bits per heavy atom. The Hall–Kier alpha value is -0.200. The lowest BCUT2D eigenvalue weighted by atomic mass is 10.2. The summed E-state index contributed by atoms with van der Waals surface area (Å²) in [6.45, 7) is 9.29. The van der Waals surface area contributed by atoms with Crippen LogP contribution in [-0.2, 0) is 0 Å². The van der Waals surface area contributed by atoms with Gasteiger partial charge in [-0.3, -0.25) is 0 Å². The standard InChI is InChI=1S/C22H28S5/c1-15(2)9-13-25-21-19(17-7-5-11-23-17)27-20(18-8-6-12-24-18)22(21)26-14-10-16(3)4/h5-8,11-12,15-16H,9-10,13-14H2,1-4H3. The lowest BCUT2D eigenvalue weighted by Gasteiger charge is -2.10. The maximum Gasteiger partial charge on any atom is 0.0597 e. The summed E-state index contributed by atoms with van der Waals surface area (Å²) in [5, 5.41) is 4.40. The first-order valence-corrected chi connectivity index (χ1v) is 14.1. The molecule has 0 saturated heterocycles. The van der Waals surface area contributed by atoms with Gasteiger partial charge in [0.25, 0.3) is 0 Å². The summed E-state index contributed by atoms with van der Waals surface area (Å²) in [4.78, 5) is 8.85. The second kappa shape index (κ2) is 10.5. The fourth-order valence-corrected chi connectivity index (χ4v) is 9.16. The molecule has 3 aromatic rings. The van der Waals surface area contributed by atoms with Gasteiger partial charge in [0.1, 0.15) is 0 Å². The molecule has 0 unspecified atom stereocenters. The summed E-state index contributed by atoms with van der Waals surface area (Å²) >= 11 is 9.89. The Morgan fingerprint density at radius 1 is 0.741 bits per heavy atom. The van der Waals surface area contributed by atoms with E-state index in [9.17, 15) is 0 Å². The second-order valence-corrected chi connectivity index (χ2v) is 12.6. The van der Waals surface area contributed by atoms with Gasteiger partial charge in [-0.25, -0.2) is 0 Å². The fourth-order valence-electron chi connectivity index (χ4n) is 2.60. The van der Waals surface area contributed by atoms with Crippen LogP contribution >= 0.6 is 57.5 Å². The molecule has 0 bridgehead atoms. The highest BCUT2D eigenvalue weighted by Gasteiger charge is 2.22. The topological polar surface area (TPSA) is 0 Å². The van der Waals surface area contributed by atoms with Gasteiger partial charge in [0.2, 0.25) is 0 Å². The third-order valence-corrected chi connectivity index (χ3v) is 10.1. The highest BCUT2D eigenvalue weighted by molar-refractivity contribution is 8.02. The van der Waals surface area contributed by atoms with Crippen LogP contribution in [0.25, 0.3) is 19.5 Å². The zero-order valence-corrected chi connectivity index (χ0v) is 20.6. The predicted molar refractivity (Wildman–Crippen MR) is 131 cm³/mol. The van der Waals surface area contributed by atoms with Crippen molar-refractivity contribution in [1.82, 2.24) is 0 Å². The normalized spacial score (nSPS) is 11.8. The molecule has 0 saturated carbocycles. The molecule has 3 heterocycles. The summed E-state index contributed by atoms with van der Waals surface area (Å²) in [7, 11) is 0. The van der Waals surface area contributed by atoms with Crippen LogP contribution in [0.5, 0.6) is 0 Å². The third-order valence-electron chi connectivity index (χ3n) is 4.20. The van der Waals surface area contributed by atoms with Gasteiger partial charge in [0.05, 0.1) is 9.75 Å². The van der Waals surface area contributed by atoms with Crippen molar-refractivity contribution in [1.29, 1.82) is 0 Å². The smallest absolute Gasteiger partial charge is 0.0597 e. The lowest BCUT2D eigenvalue weighted by molar-refractivity contribution is 0.631. The monoisotopic (exact) mass is 452 g/mol. The number of hydrogen-bond acceptors (Lipinski definition) is 5. The molecule has 0 spiro atoms. The third kappa shape index (κ3) is 5.89. The average molecular weight is 453 g/mol. The molecule has 27 heavy (non-hydrogen) atoms. The van der Waals surface area contributed by atoms with Gasteiger partial charge < -0.3 is 0 Å². The van der Waals surface area contributed by atoms with E-state index in [-0.39, 0.29) is 0 Å². The van der Waals surface area contributed by atoms with Crippen LogP contribution in [-0.4, -0.2) is 11.5 Å². The van der Waals surface area contributed by atoms with E-state index in [0.717, 1.165) is 11.8 Å². The van der Waals surface area contributed by atoms with Gasteiger partial charge in [-0.2, -0.15) is 0 Å². The summed E-state index contributed by atoms with van der Waals surface area (Å²) in [6, 6.07) is 8.92. The lowest BCUT2D eigenvalue weighted by Crippen LogP contribution is -1.92. The van der Waals surface area contributed by atoms with Crippen molar-refractivity contribution in [2.24, 2.45) is 11.8 Å². The average Bonchev–Trinajstić information content (AvgIpc) is 3.35. The molecule has 0 atom stereocenters. The molecule has 0 fully saturated rings. The summed E-state index contributed by atoms with van der Waals surface area (Å²) < 4.78 is 0. The Balaban J connectivity index is 1.98. The summed E-state index contributed by atoms with van der Waals surface area (Å²) in [5.41, 5.74) is 0. The Morgan fingerprint density at radius 3 is 1.52 bits per heavy atom. The van der Waals surface area contributed by atoms with Crippen molar-refractivity contribution in [3.8, 4) is 19.5 Å². The fraction of sp³-hybridized carbons (Fsp3) is 0.455. The van der Waals surface area contributed by atoms with Crippen LogP contribution in [0.4, 0.5) is 0 Å². The highest BCUT2D eigenvalue weighted by atomic mass is 32.2. The molecule has 0 aliphatic carbocycles. The van der Waals surface area contributed by atoms with E-state index in [4.69, 9.17) is 0 Å². The molecule has 0 aliphatic heterocycles. The minimum absolute atomic E-state index is 0.759. The molecule has 3 rings (SSSR count). The van der Waals surface area contributed by atoms with Crippen molar-refractivity contribution in [3.05, 3.63) is 35.0 Å². The molecule has 0 aromatic carbocycles. The Bertz CT molecular complexity index is 728. The maximum absolute atomic E-state index is 2.32. The van der Waals surface area contributed by atoms with Crippen molar-refractivity contribution < 1.29 is 0 Å². The molecule has 0 aliphatic rings. The first-order valence-electron chi connectivity index (χ1n) is 9.56. The maximum atomic E-state index is 2.32. The molecule has 5 heteroatoms. The highest BCUT2D eigenvalue weighted by Crippen LogP contribution is 2.53. The number of rotatable bonds is 10. The van der Waals surface area contributed by atoms with Crippen molar-refractivity contribution in [2.75, 3.05) is 11.5 Å². The van der Waals surface area contributed by atoms with E-state index >= 15 is 0 Å². The van der Waals surface area contributed by atoms with Crippen LogP contribution in [0.2, 0.25) is 0 Å². The van der Waals surface area contributed by atoms with Gasteiger partial charge in [-0.15, -0.1) is 57.5 Å². The number of hydrogen-bond donors (Lipinski definition) is 0. The largest absolute Gasteiger partial charge is 0.143 e. The van der Waals surface area contributed by atoms with E-state index in [1.165, 1.54) is 53.6 Å². The molecule has 3 aromatic heterocycles. The van der Waals surface area contributed by atoms with E-state index in [1.54, 1.807) is 0 Å². The minimum Gasteiger partial charge on any atom is -0.143 e. The van der Waals surface area contributed by atoms with E-state index in [2.05, 4.69) is 86.2 Å². The SMILES string of the molecule is CC(C)CCSc1c(-c2cccs2)sc(-c2cccs2)c1SCCC(C)C. The van der Waals surface area contributed by atoms with E-state index in [1.807, 2.05) is 34.0 Å². The molecular weight excluding hydrogens is 425 g/mol. The summed E-state index contributed by atoms with van der Waals surface area (Å²) in [6.07, 6.45) is 2.55. The quantitative estimate of drug-likeness (QED) is 0.281. The number of thioether (sulfide) groups is 2. The van der Waals surface area contributed by atoms with Crippen LogP contribution in [0.1, 0.15) is 40.5 Å². The van der Waals surface area contributed by atoms with Gasteiger partial charge in [-0.1, -0.05) is 39.8 Å².